The molecule has 24 heavy (non-hydrogen) atoms. The monoisotopic (exact) mass is 330 g/mol. The lowest BCUT2D eigenvalue weighted by Gasteiger charge is -2.41. The van der Waals surface area contributed by atoms with Gasteiger partial charge in [-0.25, -0.2) is 4.98 Å². The number of rotatable bonds is 6. The molecule has 0 spiro atoms. The van der Waals surface area contributed by atoms with Gasteiger partial charge in [0.05, 0.1) is 18.3 Å². The molecule has 3 rings (SSSR count). The average Bonchev–Trinajstić information content (AvgIpc) is 3.24. The van der Waals surface area contributed by atoms with Crippen LogP contribution in [0.3, 0.4) is 0 Å². The van der Waals surface area contributed by atoms with Crippen molar-refractivity contribution >= 4 is 5.91 Å². The van der Waals surface area contributed by atoms with Crippen LogP contribution in [-0.2, 0) is 11.8 Å². The minimum absolute atomic E-state index is 0.0845. The molecule has 2 N–H and O–H groups in total. The Morgan fingerprint density at radius 1 is 1.50 bits per heavy atom. The highest BCUT2D eigenvalue weighted by Gasteiger charge is 2.36. The first kappa shape index (κ1) is 16.7. The highest BCUT2D eigenvalue weighted by molar-refractivity contribution is 5.77. The summed E-state index contributed by atoms with van der Waals surface area (Å²) >= 11 is 0. The summed E-state index contributed by atoms with van der Waals surface area (Å²) in [5.41, 5.74) is 1.12. The zero-order valence-corrected chi connectivity index (χ0v) is 14.6. The molecule has 7 heteroatoms. The number of nitrogens with zero attached hydrogens (tertiary/aromatic N) is 4. The van der Waals surface area contributed by atoms with Crippen molar-refractivity contribution in [1.82, 2.24) is 30.0 Å². The van der Waals surface area contributed by atoms with E-state index in [4.69, 9.17) is 0 Å². The Kier molecular flexibility index (Phi) is 4.99. The van der Waals surface area contributed by atoms with Crippen molar-refractivity contribution in [3.05, 3.63) is 36.2 Å². The number of hydrogen-bond donors (Lipinski definition) is 2. The van der Waals surface area contributed by atoms with Crippen LogP contribution in [0.1, 0.15) is 50.2 Å². The van der Waals surface area contributed by atoms with E-state index >= 15 is 0 Å². The van der Waals surface area contributed by atoms with Crippen molar-refractivity contribution in [2.24, 2.45) is 13.0 Å². The minimum Gasteiger partial charge on any atom is -0.347 e. The predicted molar refractivity (Wildman–Crippen MR) is 91.1 cm³/mol. The van der Waals surface area contributed by atoms with E-state index in [-0.39, 0.29) is 18.0 Å². The number of aromatic nitrogens is 4. The van der Waals surface area contributed by atoms with E-state index in [1.54, 1.807) is 10.9 Å². The lowest BCUT2D eigenvalue weighted by molar-refractivity contribution is -0.138. The van der Waals surface area contributed by atoms with Crippen LogP contribution in [0.2, 0.25) is 0 Å². The van der Waals surface area contributed by atoms with E-state index in [2.05, 4.69) is 27.3 Å². The molecule has 130 valence electrons. The van der Waals surface area contributed by atoms with Crippen LogP contribution in [0.4, 0.5) is 0 Å². The maximum atomic E-state index is 12.3. The number of likely N-dealkylation sites (tertiary alicyclic amines) is 1. The van der Waals surface area contributed by atoms with Gasteiger partial charge in [-0.2, -0.15) is 5.10 Å². The van der Waals surface area contributed by atoms with Crippen molar-refractivity contribution in [2.75, 3.05) is 13.1 Å². The number of H-pyrrole nitrogens is 1. The van der Waals surface area contributed by atoms with Gasteiger partial charge in [0.1, 0.15) is 5.82 Å². The van der Waals surface area contributed by atoms with Gasteiger partial charge in [0.25, 0.3) is 0 Å². The van der Waals surface area contributed by atoms with Crippen LogP contribution in [0.15, 0.2) is 24.8 Å². The third-order valence-corrected chi connectivity index (χ3v) is 4.85. The summed E-state index contributed by atoms with van der Waals surface area (Å²) in [7, 11) is 1.91. The van der Waals surface area contributed by atoms with Crippen LogP contribution in [0, 0.1) is 5.92 Å². The lowest BCUT2D eigenvalue weighted by Crippen LogP contribution is -2.45. The number of piperidine rings is 1. The molecule has 0 aliphatic carbocycles. The van der Waals surface area contributed by atoms with Gasteiger partial charge < -0.3 is 15.2 Å². The fourth-order valence-electron chi connectivity index (χ4n) is 3.59. The van der Waals surface area contributed by atoms with E-state index in [1.165, 1.54) is 0 Å². The van der Waals surface area contributed by atoms with E-state index in [1.807, 2.05) is 37.5 Å². The largest absolute Gasteiger partial charge is 0.347 e. The number of carbonyl (C=O) groups is 1. The van der Waals surface area contributed by atoms with Gasteiger partial charge in [-0.15, -0.1) is 0 Å². The fraction of sp³-hybridized carbons (Fsp3) is 0.588. The number of amides is 1. The minimum atomic E-state index is 0.0845. The van der Waals surface area contributed by atoms with E-state index in [0.29, 0.717) is 12.3 Å². The number of imidazole rings is 1. The van der Waals surface area contributed by atoms with Gasteiger partial charge in [0.15, 0.2) is 0 Å². The molecule has 1 saturated heterocycles. The fourth-order valence-corrected chi connectivity index (χ4v) is 3.59. The highest BCUT2D eigenvalue weighted by Crippen LogP contribution is 2.36. The Bertz CT molecular complexity index is 664. The molecule has 7 nitrogen and oxygen atoms in total. The molecule has 1 fully saturated rings. The Morgan fingerprint density at radius 2 is 2.33 bits per heavy atom. The summed E-state index contributed by atoms with van der Waals surface area (Å²) in [6.07, 6.45) is 9.02. The number of aryl methyl sites for hydroxylation is 1. The smallest absolute Gasteiger partial charge is 0.223 e. The first-order chi connectivity index (χ1) is 11.6. The molecule has 1 aliphatic rings. The first-order valence-corrected chi connectivity index (χ1v) is 8.60. The quantitative estimate of drug-likeness (QED) is 0.846. The van der Waals surface area contributed by atoms with Crippen LogP contribution in [0.25, 0.3) is 0 Å². The summed E-state index contributed by atoms with van der Waals surface area (Å²) in [5, 5.41) is 7.86. The predicted octanol–water partition coefficient (Wildman–Crippen LogP) is 1.79. The van der Waals surface area contributed by atoms with E-state index in [9.17, 15) is 4.79 Å². The molecule has 3 atom stereocenters. The van der Waals surface area contributed by atoms with Crippen molar-refractivity contribution in [1.29, 1.82) is 0 Å². The Balaban J connectivity index is 1.75. The molecule has 0 bridgehead atoms. The molecule has 1 unspecified atom stereocenters. The molecule has 3 heterocycles. The van der Waals surface area contributed by atoms with Crippen LogP contribution in [-0.4, -0.2) is 43.6 Å². The molecule has 2 aromatic heterocycles. The first-order valence-electron chi connectivity index (χ1n) is 8.60. The second kappa shape index (κ2) is 7.17. The molecular formula is C17H26N6O. The van der Waals surface area contributed by atoms with Crippen LogP contribution in [0.5, 0.6) is 0 Å². The summed E-state index contributed by atoms with van der Waals surface area (Å²) in [6.45, 7) is 5.71. The van der Waals surface area contributed by atoms with Gasteiger partial charge in [-0.1, -0.05) is 0 Å². The van der Waals surface area contributed by atoms with Crippen molar-refractivity contribution in [2.45, 2.75) is 38.8 Å². The number of nitrogens with one attached hydrogen (secondary N) is 2. The van der Waals surface area contributed by atoms with Crippen LogP contribution < -0.4 is 5.32 Å². The second-order valence-electron chi connectivity index (χ2n) is 6.48. The van der Waals surface area contributed by atoms with E-state index in [0.717, 1.165) is 30.9 Å². The molecule has 0 saturated carbocycles. The van der Waals surface area contributed by atoms with Gasteiger partial charge >= 0.3 is 0 Å². The number of carbonyl (C=O) groups excluding carboxylic acids is 1. The zero-order valence-electron chi connectivity index (χ0n) is 14.6. The number of hydrogen-bond acceptors (Lipinski definition) is 4. The molecule has 2 aromatic rings. The molecular weight excluding hydrogens is 304 g/mol. The Morgan fingerprint density at radius 3 is 2.96 bits per heavy atom. The Hall–Kier alpha value is -2.15. The Labute approximate surface area is 142 Å². The lowest BCUT2D eigenvalue weighted by atomic mass is 9.85. The van der Waals surface area contributed by atoms with Crippen molar-refractivity contribution in [3.8, 4) is 0 Å². The third kappa shape index (κ3) is 3.36. The van der Waals surface area contributed by atoms with Crippen molar-refractivity contribution in [3.63, 3.8) is 0 Å². The molecule has 1 amide bonds. The maximum Gasteiger partial charge on any atom is 0.223 e. The normalized spacial score (nSPS) is 22.8. The van der Waals surface area contributed by atoms with Gasteiger partial charge in [-0.3, -0.25) is 9.48 Å². The van der Waals surface area contributed by atoms with Gasteiger partial charge in [0.2, 0.25) is 5.91 Å². The average molecular weight is 330 g/mol. The SMILES string of the molecule is CCN1C(=O)CC[C@H](CNC(C)c2ncc[nH]2)[C@H]1c1cnn(C)c1. The maximum absolute atomic E-state index is 12.3. The molecule has 0 aromatic carbocycles. The van der Waals surface area contributed by atoms with Crippen LogP contribution >= 0.6 is 0 Å². The third-order valence-electron chi connectivity index (χ3n) is 4.85. The molecule has 1 aliphatic heterocycles. The second-order valence-corrected chi connectivity index (χ2v) is 6.48. The van der Waals surface area contributed by atoms with Gasteiger partial charge in [0, 0.05) is 50.7 Å². The standard InChI is InChI=1S/C17H26N6O/c1-4-23-15(24)6-5-13(16(23)14-10-21-22(3)11-14)9-20-12(2)17-18-7-8-19-17/h7-8,10-13,16,20H,4-6,9H2,1-3H3,(H,18,19)/t12?,13-,16+/m1/s1. The van der Waals surface area contributed by atoms with Gasteiger partial charge in [-0.05, 0) is 26.2 Å². The summed E-state index contributed by atoms with van der Waals surface area (Å²) < 4.78 is 1.80. The summed E-state index contributed by atoms with van der Waals surface area (Å²) in [6, 6.07) is 0.239. The number of aromatic amines is 1. The van der Waals surface area contributed by atoms with Crippen molar-refractivity contribution < 1.29 is 4.79 Å². The molecule has 0 radical (unpaired) electrons. The summed E-state index contributed by atoms with van der Waals surface area (Å²) in [4.78, 5) is 21.8. The summed E-state index contributed by atoms with van der Waals surface area (Å²) in [5.74, 6) is 1.54. The topological polar surface area (TPSA) is 78.8 Å². The zero-order chi connectivity index (χ0) is 17.1. The van der Waals surface area contributed by atoms with E-state index < -0.39 is 0 Å². The highest BCUT2D eigenvalue weighted by atomic mass is 16.2.